The van der Waals surface area contributed by atoms with Gasteiger partial charge in [0.2, 0.25) is 6.79 Å². The molecule has 0 aromatic heterocycles. The second kappa shape index (κ2) is 8.53. The fraction of sp³-hybridized carbons (Fsp3) is 0.250. The molecule has 3 aliphatic rings. The SMILES string of the molecule is CC1(C(=O)NCCN2C(=O)S/C(=C\c3ccc4c(c3)OCO4)C2=O)Cc2ccccc2C(=O)O1. The number of fused-ring (bicyclic) bond motifs is 2. The van der Waals surface area contributed by atoms with Crippen LogP contribution in [-0.4, -0.2) is 53.4 Å². The van der Waals surface area contributed by atoms with Crippen molar-refractivity contribution in [2.75, 3.05) is 19.9 Å². The summed E-state index contributed by atoms with van der Waals surface area (Å²) in [7, 11) is 0. The van der Waals surface area contributed by atoms with Crippen molar-refractivity contribution in [2.24, 2.45) is 0 Å². The number of carbonyl (C=O) groups is 4. The van der Waals surface area contributed by atoms with E-state index in [9.17, 15) is 19.2 Å². The van der Waals surface area contributed by atoms with E-state index in [1.165, 1.54) is 0 Å². The average molecular weight is 480 g/mol. The maximum Gasteiger partial charge on any atom is 0.339 e. The highest BCUT2D eigenvalue weighted by atomic mass is 32.2. The number of carbonyl (C=O) groups excluding carboxylic acids is 4. The molecule has 5 rings (SSSR count). The number of hydrogen-bond acceptors (Lipinski definition) is 8. The number of nitrogens with zero attached hydrogens (tertiary/aromatic N) is 1. The van der Waals surface area contributed by atoms with Crippen LogP contribution in [0.15, 0.2) is 47.4 Å². The third-order valence-electron chi connectivity index (χ3n) is 5.75. The second-order valence-electron chi connectivity index (χ2n) is 8.16. The monoisotopic (exact) mass is 480 g/mol. The number of cyclic esters (lactones) is 1. The number of rotatable bonds is 5. The van der Waals surface area contributed by atoms with Gasteiger partial charge in [-0.2, -0.15) is 0 Å². The molecule has 1 unspecified atom stereocenters. The third kappa shape index (κ3) is 4.01. The highest BCUT2D eigenvalue weighted by molar-refractivity contribution is 8.18. The van der Waals surface area contributed by atoms with Gasteiger partial charge in [0.15, 0.2) is 17.1 Å². The minimum Gasteiger partial charge on any atom is -0.454 e. The van der Waals surface area contributed by atoms with Crippen molar-refractivity contribution >= 4 is 40.9 Å². The molecule has 3 aliphatic heterocycles. The van der Waals surface area contributed by atoms with E-state index in [0.717, 1.165) is 22.2 Å². The summed E-state index contributed by atoms with van der Waals surface area (Å²) in [5.74, 6) is -0.277. The van der Waals surface area contributed by atoms with E-state index >= 15 is 0 Å². The number of nitrogens with one attached hydrogen (secondary N) is 1. The van der Waals surface area contributed by atoms with E-state index in [1.807, 2.05) is 0 Å². The molecule has 34 heavy (non-hydrogen) atoms. The Morgan fingerprint density at radius 1 is 1.15 bits per heavy atom. The molecule has 1 saturated heterocycles. The molecule has 1 atom stereocenters. The maximum absolute atomic E-state index is 12.8. The van der Waals surface area contributed by atoms with Crippen LogP contribution in [0.2, 0.25) is 0 Å². The Balaban J connectivity index is 1.20. The van der Waals surface area contributed by atoms with Crippen LogP contribution in [0.25, 0.3) is 6.08 Å². The van der Waals surface area contributed by atoms with Crippen LogP contribution >= 0.6 is 11.8 Å². The Kier molecular flexibility index (Phi) is 5.52. The van der Waals surface area contributed by atoms with Gasteiger partial charge in [0, 0.05) is 19.5 Å². The Bertz CT molecular complexity index is 1260. The van der Waals surface area contributed by atoms with E-state index in [0.29, 0.717) is 22.6 Å². The van der Waals surface area contributed by atoms with Crippen LogP contribution in [0.4, 0.5) is 4.79 Å². The zero-order valence-corrected chi connectivity index (χ0v) is 19.0. The molecule has 3 amide bonds. The first kappa shape index (κ1) is 22.0. The molecular weight excluding hydrogens is 460 g/mol. The van der Waals surface area contributed by atoms with Gasteiger partial charge >= 0.3 is 5.97 Å². The fourth-order valence-electron chi connectivity index (χ4n) is 3.97. The van der Waals surface area contributed by atoms with Gasteiger partial charge in [0.05, 0.1) is 10.5 Å². The zero-order chi connectivity index (χ0) is 23.9. The number of benzene rings is 2. The van der Waals surface area contributed by atoms with Gasteiger partial charge in [-0.05, 0) is 54.1 Å². The number of ether oxygens (including phenoxy) is 3. The van der Waals surface area contributed by atoms with Crippen molar-refractivity contribution < 1.29 is 33.4 Å². The normalized spacial score (nSPS) is 22.1. The van der Waals surface area contributed by atoms with Gasteiger partial charge in [-0.3, -0.25) is 19.3 Å². The predicted octanol–water partition coefficient (Wildman–Crippen LogP) is 2.74. The first-order valence-electron chi connectivity index (χ1n) is 10.6. The quantitative estimate of drug-likeness (QED) is 0.514. The van der Waals surface area contributed by atoms with Crippen molar-refractivity contribution in [3.8, 4) is 11.5 Å². The Hall–Kier alpha value is -3.79. The molecule has 1 N–H and O–H groups in total. The lowest BCUT2D eigenvalue weighted by Gasteiger charge is -2.33. The second-order valence-corrected chi connectivity index (χ2v) is 9.15. The molecule has 2 aromatic rings. The van der Waals surface area contributed by atoms with E-state index in [1.54, 1.807) is 55.5 Å². The van der Waals surface area contributed by atoms with Crippen molar-refractivity contribution in [2.45, 2.75) is 18.9 Å². The summed E-state index contributed by atoms with van der Waals surface area (Å²) in [6, 6.07) is 12.2. The molecule has 0 aliphatic carbocycles. The van der Waals surface area contributed by atoms with Crippen molar-refractivity contribution in [3.63, 3.8) is 0 Å². The number of thioether (sulfide) groups is 1. The van der Waals surface area contributed by atoms with Gasteiger partial charge in [0.25, 0.3) is 17.1 Å². The van der Waals surface area contributed by atoms with E-state index in [-0.39, 0.29) is 31.2 Å². The topological polar surface area (TPSA) is 111 Å². The van der Waals surface area contributed by atoms with Gasteiger partial charge < -0.3 is 19.5 Å². The van der Waals surface area contributed by atoms with Crippen LogP contribution in [0, 0.1) is 0 Å². The molecule has 0 saturated carbocycles. The lowest BCUT2D eigenvalue weighted by atomic mass is 9.89. The van der Waals surface area contributed by atoms with E-state index in [2.05, 4.69) is 5.32 Å². The van der Waals surface area contributed by atoms with Gasteiger partial charge in [-0.15, -0.1) is 0 Å². The van der Waals surface area contributed by atoms with E-state index < -0.39 is 28.6 Å². The van der Waals surface area contributed by atoms with Crippen molar-refractivity contribution in [1.29, 1.82) is 0 Å². The number of esters is 1. The molecule has 0 spiro atoms. The molecule has 1 fully saturated rings. The molecule has 10 heteroatoms. The standard InChI is InChI=1S/C24H20N2O7S/c1-24(12-15-4-2-3-5-16(15)21(28)33-24)22(29)25-8-9-26-20(27)19(34-23(26)30)11-14-6-7-17-18(10-14)32-13-31-17/h2-7,10-11H,8-9,12-13H2,1H3,(H,25,29)/b19-11-. The van der Waals surface area contributed by atoms with E-state index in [4.69, 9.17) is 14.2 Å². The van der Waals surface area contributed by atoms with Crippen LogP contribution in [-0.2, 0) is 20.7 Å². The summed E-state index contributed by atoms with van der Waals surface area (Å²) in [6.45, 7) is 1.72. The Morgan fingerprint density at radius 3 is 2.79 bits per heavy atom. The van der Waals surface area contributed by atoms with Crippen molar-refractivity contribution in [1.82, 2.24) is 10.2 Å². The Morgan fingerprint density at radius 2 is 1.94 bits per heavy atom. The summed E-state index contributed by atoms with van der Waals surface area (Å²) in [5, 5.41) is 2.26. The lowest BCUT2D eigenvalue weighted by molar-refractivity contribution is -0.140. The summed E-state index contributed by atoms with van der Waals surface area (Å²) in [5.41, 5.74) is 0.509. The highest BCUT2D eigenvalue weighted by Crippen LogP contribution is 2.36. The molecule has 9 nitrogen and oxygen atoms in total. The molecule has 0 bridgehead atoms. The molecule has 0 radical (unpaired) electrons. The zero-order valence-electron chi connectivity index (χ0n) is 18.2. The van der Waals surface area contributed by atoms with Gasteiger partial charge in [-0.25, -0.2) is 4.79 Å². The van der Waals surface area contributed by atoms with Crippen molar-refractivity contribution in [3.05, 3.63) is 64.1 Å². The van der Waals surface area contributed by atoms with Crippen LogP contribution in [0.5, 0.6) is 11.5 Å². The minimum absolute atomic E-state index is 0.00447. The summed E-state index contributed by atoms with van der Waals surface area (Å²) in [4.78, 5) is 51.6. The average Bonchev–Trinajstić information content (AvgIpc) is 3.38. The fourth-order valence-corrected chi connectivity index (χ4v) is 4.84. The third-order valence-corrected chi connectivity index (χ3v) is 6.66. The molecule has 3 heterocycles. The molecular formula is C24H20N2O7S. The van der Waals surface area contributed by atoms with Crippen LogP contribution < -0.4 is 14.8 Å². The smallest absolute Gasteiger partial charge is 0.339 e. The summed E-state index contributed by atoms with van der Waals surface area (Å²) in [6.07, 6.45) is 1.85. The summed E-state index contributed by atoms with van der Waals surface area (Å²) >= 11 is 0.833. The Labute approximate surface area is 199 Å². The number of imide groups is 1. The minimum atomic E-state index is -1.37. The summed E-state index contributed by atoms with van der Waals surface area (Å²) < 4.78 is 16.0. The molecule has 2 aromatic carbocycles. The van der Waals surface area contributed by atoms with Crippen LogP contribution in [0.3, 0.4) is 0 Å². The first-order chi connectivity index (χ1) is 16.3. The predicted molar refractivity (Wildman–Crippen MR) is 122 cm³/mol. The number of hydrogen-bond donors (Lipinski definition) is 1. The van der Waals surface area contributed by atoms with Gasteiger partial charge in [-0.1, -0.05) is 24.3 Å². The number of amides is 3. The van der Waals surface area contributed by atoms with Gasteiger partial charge in [0.1, 0.15) is 0 Å². The van der Waals surface area contributed by atoms with Crippen LogP contribution in [0.1, 0.15) is 28.4 Å². The largest absolute Gasteiger partial charge is 0.454 e. The molecule has 174 valence electrons. The lowest BCUT2D eigenvalue weighted by Crippen LogP contribution is -2.52. The highest BCUT2D eigenvalue weighted by Gasteiger charge is 2.42. The maximum atomic E-state index is 12.8. The first-order valence-corrected chi connectivity index (χ1v) is 11.4.